The van der Waals surface area contributed by atoms with E-state index in [1.807, 2.05) is 26.0 Å². The van der Waals surface area contributed by atoms with Crippen LogP contribution in [0.3, 0.4) is 0 Å². The average Bonchev–Trinajstić information content (AvgIpc) is 2.85. The second kappa shape index (κ2) is 11.1. The summed E-state index contributed by atoms with van der Waals surface area (Å²) in [5.41, 5.74) is 7.38. The lowest BCUT2D eigenvalue weighted by molar-refractivity contribution is -0.137. The van der Waals surface area contributed by atoms with Gasteiger partial charge in [0.1, 0.15) is 17.6 Å². The standard InChI is InChI=1S/C25H25FN8O2/c1-25(2,10-9-22(35)36)21-8-4-6-16(31-21)13-30-14-20(34-29)19-11-18(32-24(28)33-19)17-7-3-5-15(12-27)23(17)26/h3-8,11,14H,9-10,13,29H2,1-2H3,(H,35,36)(H2,28,32,33)/b30-14?,34-20+. The van der Waals surface area contributed by atoms with Crippen molar-refractivity contribution in [3.63, 3.8) is 0 Å². The first kappa shape index (κ1) is 25.9. The number of nitrogen functional groups attached to an aromatic ring is 1. The molecule has 0 saturated heterocycles. The van der Waals surface area contributed by atoms with Gasteiger partial charge in [0.25, 0.3) is 0 Å². The second-order valence-electron chi connectivity index (χ2n) is 8.55. The number of aliphatic carboxylic acids is 1. The lowest BCUT2D eigenvalue weighted by atomic mass is 9.84. The molecule has 0 aliphatic carbocycles. The topological polar surface area (TPSA) is 177 Å². The molecular formula is C25H25FN8O2. The smallest absolute Gasteiger partial charge is 0.303 e. The molecule has 0 saturated carbocycles. The normalized spacial score (nSPS) is 12.0. The van der Waals surface area contributed by atoms with E-state index in [-0.39, 0.29) is 47.1 Å². The number of hydrogen-bond acceptors (Lipinski definition) is 9. The number of pyridine rings is 1. The molecule has 36 heavy (non-hydrogen) atoms. The number of aliphatic imine (C=N–C) groups is 1. The van der Waals surface area contributed by atoms with Gasteiger partial charge in [0.2, 0.25) is 5.95 Å². The molecule has 0 bridgehead atoms. The first-order valence-corrected chi connectivity index (χ1v) is 10.9. The number of nitrogens with two attached hydrogens (primary N) is 2. The quantitative estimate of drug-likeness (QED) is 0.233. The van der Waals surface area contributed by atoms with Gasteiger partial charge in [-0.3, -0.25) is 14.8 Å². The number of rotatable bonds is 9. The number of aromatic nitrogens is 3. The zero-order chi connectivity index (χ0) is 26.3. The number of hydrazone groups is 1. The minimum atomic E-state index is -0.855. The van der Waals surface area contributed by atoms with Crippen LogP contribution in [0.5, 0.6) is 0 Å². The Hall–Kier alpha value is -4.72. The van der Waals surface area contributed by atoms with Crippen LogP contribution >= 0.6 is 0 Å². The van der Waals surface area contributed by atoms with Crippen molar-refractivity contribution < 1.29 is 14.3 Å². The van der Waals surface area contributed by atoms with Crippen LogP contribution in [0.2, 0.25) is 0 Å². The number of anilines is 1. The highest BCUT2D eigenvalue weighted by molar-refractivity contribution is 6.37. The maximum absolute atomic E-state index is 14.7. The summed E-state index contributed by atoms with van der Waals surface area (Å²) in [5, 5.41) is 21.8. The van der Waals surface area contributed by atoms with Crippen molar-refractivity contribution in [3.05, 3.63) is 70.9 Å². The molecule has 2 heterocycles. The number of carboxylic acids is 1. The highest BCUT2D eigenvalue weighted by Crippen LogP contribution is 2.27. The second-order valence-corrected chi connectivity index (χ2v) is 8.55. The van der Waals surface area contributed by atoms with E-state index in [0.29, 0.717) is 12.1 Å². The van der Waals surface area contributed by atoms with Gasteiger partial charge in [0.05, 0.1) is 35.4 Å². The molecule has 5 N–H and O–H groups in total. The molecule has 0 atom stereocenters. The van der Waals surface area contributed by atoms with Crippen LogP contribution in [0.15, 0.2) is 52.6 Å². The zero-order valence-electron chi connectivity index (χ0n) is 19.8. The van der Waals surface area contributed by atoms with Crippen LogP contribution in [-0.2, 0) is 16.8 Å². The zero-order valence-corrected chi connectivity index (χ0v) is 19.8. The summed E-state index contributed by atoms with van der Waals surface area (Å²) in [5.74, 6) is 3.85. The lowest BCUT2D eigenvalue weighted by Crippen LogP contribution is -2.20. The first-order chi connectivity index (χ1) is 17.1. The Morgan fingerprint density at radius 2 is 1.97 bits per heavy atom. The maximum atomic E-state index is 14.7. The van der Waals surface area contributed by atoms with Gasteiger partial charge in [-0.25, -0.2) is 14.4 Å². The summed E-state index contributed by atoms with van der Waals surface area (Å²) >= 11 is 0. The molecule has 10 nitrogen and oxygen atoms in total. The molecular weight excluding hydrogens is 463 g/mol. The summed E-state index contributed by atoms with van der Waals surface area (Å²) < 4.78 is 14.7. The number of halogens is 1. The van der Waals surface area contributed by atoms with Crippen LogP contribution < -0.4 is 11.6 Å². The summed E-state index contributed by atoms with van der Waals surface area (Å²) in [6, 6.07) is 13.1. The molecule has 0 spiro atoms. The van der Waals surface area contributed by atoms with Crippen molar-refractivity contribution in [2.75, 3.05) is 5.73 Å². The maximum Gasteiger partial charge on any atom is 0.303 e. The fourth-order valence-electron chi connectivity index (χ4n) is 3.43. The van der Waals surface area contributed by atoms with Crippen molar-refractivity contribution in [1.82, 2.24) is 15.0 Å². The Morgan fingerprint density at radius 1 is 1.22 bits per heavy atom. The Labute approximate surface area is 207 Å². The molecule has 0 unspecified atom stereocenters. The van der Waals surface area contributed by atoms with Crippen molar-refractivity contribution in [3.8, 4) is 17.3 Å². The highest BCUT2D eigenvalue weighted by Gasteiger charge is 2.23. The number of nitriles is 1. The van der Waals surface area contributed by atoms with Crippen molar-refractivity contribution in [1.29, 1.82) is 5.26 Å². The Kier molecular flexibility index (Phi) is 8.01. The first-order valence-electron chi connectivity index (χ1n) is 10.9. The number of benzene rings is 1. The summed E-state index contributed by atoms with van der Waals surface area (Å²) in [6.07, 6.45) is 1.89. The molecule has 0 aliphatic rings. The molecule has 11 heteroatoms. The molecule has 1 aromatic carbocycles. The van der Waals surface area contributed by atoms with Gasteiger partial charge in [-0.15, -0.1) is 0 Å². The molecule has 184 valence electrons. The van der Waals surface area contributed by atoms with E-state index in [0.717, 1.165) is 5.69 Å². The van der Waals surface area contributed by atoms with Gasteiger partial charge in [-0.05, 0) is 36.8 Å². The molecule has 0 amide bonds. The van der Waals surface area contributed by atoms with Crippen molar-refractivity contribution in [2.24, 2.45) is 15.9 Å². The van der Waals surface area contributed by atoms with Crippen molar-refractivity contribution in [2.45, 2.75) is 38.6 Å². The van der Waals surface area contributed by atoms with Crippen molar-refractivity contribution >= 4 is 23.8 Å². The summed E-state index contributed by atoms with van der Waals surface area (Å²) in [7, 11) is 0. The largest absolute Gasteiger partial charge is 0.481 e. The average molecular weight is 489 g/mol. The molecule has 3 rings (SSSR count). The monoisotopic (exact) mass is 488 g/mol. The van der Waals surface area contributed by atoms with E-state index in [4.69, 9.17) is 21.9 Å². The third-order valence-electron chi connectivity index (χ3n) is 5.47. The van der Waals surface area contributed by atoms with Crippen LogP contribution in [0.4, 0.5) is 10.3 Å². The summed E-state index contributed by atoms with van der Waals surface area (Å²) in [6.45, 7) is 4.08. The number of carbonyl (C=O) groups is 1. The Bertz CT molecular complexity index is 1380. The molecule has 0 fully saturated rings. The van der Waals surface area contributed by atoms with Crippen LogP contribution in [0, 0.1) is 17.1 Å². The van der Waals surface area contributed by atoms with E-state index < -0.39 is 17.2 Å². The van der Waals surface area contributed by atoms with Gasteiger partial charge in [-0.2, -0.15) is 10.4 Å². The third kappa shape index (κ3) is 6.24. The third-order valence-corrected chi connectivity index (χ3v) is 5.47. The molecule has 2 aromatic heterocycles. The van der Waals surface area contributed by atoms with Crippen LogP contribution in [0.1, 0.15) is 49.3 Å². The molecule has 3 aromatic rings. The number of carboxylic acid groups (broad SMARTS) is 1. The fraction of sp³-hybridized carbons (Fsp3) is 0.240. The van der Waals surface area contributed by atoms with E-state index in [2.05, 4.69) is 25.0 Å². The number of hydrogen-bond donors (Lipinski definition) is 3. The van der Waals surface area contributed by atoms with Gasteiger partial charge in [0.15, 0.2) is 0 Å². The fourth-order valence-corrected chi connectivity index (χ4v) is 3.43. The van der Waals surface area contributed by atoms with Gasteiger partial charge < -0.3 is 16.7 Å². The molecule has 0 radical (unpaired) electrons. The van der Waals surface area contributed by atoms with Gasteiger partial charge in [0, 0.05) is 23.1 Å². The SMILES string of the molecule is CC(C)(CCC(=O)O)c1cccc(CN=C/C(=N\N)c2cc(-c3cccc(C#N)c3F)nc(N)n2)n1. The van der Waals surface area contributed by atoms with Crippen LogP contribution in [0.25, 0.3) is 11.3 Å². The predicted octanol–water partition coefficient (Wildman–Crippen LogP) is 3.21. The Morgan fingerprint density at radius 3 is 2.67 bits per heavy atom. The van der Waals surface area contributed by atoms with E-state index >= 15 is 0 Å². The van der Waals surface area contributed by atoms with E-state index in [9.17, 15) is 9.18 Å². The lowest BCUT2D eigenvalue weighted by Gasteiger charge is -2.23. The van der Waals surface area contributed by atoms with E-state index in [1.54, 1.807) is 18.2 Å². The highest BCUT2D eigenvalue weighted by atomic mass is 19.1. The van der Waals surface area contributed by atoms with E-state index in [1.165, 1.54) is 24.4 Å². The predicted molar refractivity (Wildman–Crippen MR) is 134 cm³/mol. The Balaban J connectivity index is 1.82. The van der Waals surface area contributed by atoms with Gasteiger partial charge >= 0.3 is 5.97 Å². The number of nitrogens with zero attached hydrogens (tertiary/aromatic N) is 6. The molecule has 0 aliphatic heterocycles. The van der Waals surface area contributed by atoms with Crippen LogP contribution in [-0.4, -0.2) is 38.0 Å². The summed E-state index contributed by atoms with van der Waals surface area (Å²) in [4.78, 5) is 28.1. The van der Waals surface area contributed by atoms with Gasteiger partial charge in [-0.1, -0.05) is 26.0 Å². The minimum absolute atomic E-state index is 0.0438. The minimum Gasteiger partial charge on any atom is -0.481 e.